The van der Waals surface area contributed by atoms with Crippen molar-refractivity contribution >= 4 is 5.91 Å². The van der Waals surface area contributed by atoms with Crippen molar-refractivity contribution in [3.8, 4) is 22.7 Å². The molecule has 0 aliphatic carbocycles. The van der Waals surface area contributed by atoms with Crippen molar-refractivity contribution < 1.29 is 14.3 Å². The van der Waals surface area contributed by atoms with E-state index in [0.29, 0.717) is 18.8 Å². The first-order valence-corrected chi connectivity index (χ1v) is 10.2. The quantitative estimate of drug-likeness (QED) is 0.656. The summed E-state index contributed by atoms with van der Waals surface area (Å²) in [6, 6.07) is 17.6. The van der Waals surface area contributed by atoms with Gasteiger partial charge < -0.3 is 14.4 Å². The number of carbonyl (C=O) groups is 1. The molecule has 2 unspecified atom stereocenters. The van der Waals surface area contributed by atoms with Crippen LogP contribution in [0.5, 0.6) is 5.75 Å². The summed E-state index contributed by atoms with van der Waals surface area (Å²) in [5.74, 6) is 0.709. The Labute approximate surface area is 177 Å². The highest BCUT2D eigenvalue weighted by atomic mass is 16.5. The molecule has 1 amide bonds. The molecule has 2 aromatic carbocycles. The number of nitrogens with zero attached hydrogens (tertiary/aromatic N) is 3. The molecule has 0 radical (unpaired) electrons. The number of hydrogen-bond donors (Lipinski definition) is 0. The fourth-order valence-corrected chi connectivity index (χ4v) is 3.85. The third-order valence-electron chi connectivity index (χ3n) is 5.28. The Kier molecular flexibility index (Phi) is 5.59. The highest BCUT2D eigenvalue weighted by Crippen LogP contribution is 2.26. The smallest absolute Gasteiger partial charge is 0.272 e. The zero-order valence-electron chi connectivity index (χ0n) is 17.8. The Morgan fingerprint density at radius 3 is 2.43 bits per heavy atom. The lowest BCUT2D eigenvalue weighted by Gasteiger charge is -2.35. The molecule has 2 heterocycles. The first-order chi connectivity index (χ1) is 14.4. The summed E-state index contributed by atoms with van der Waals surface area (Å²) in [7, 11) is 1.64. The minimum absolute atomic E-state index is 0.00583. The van der Waals surface area contributed by atoms with Crippen LogP contribution in [0.3, 0.4) is 0 Å². The number of carbonyl (C=O) groups excluding carboxylic acids is 1. The SMILES string of the molecule is COc1cccc(-c2cc(C(=O)N3CC(C)OC(C)C3)n(-c3ccc(C)cc3)n2)c1. The predicted molar refractivity (Wildman–Crippen MR) is 116 cm³/mol. The van der Waals surface area contributed by atoms with Crippen molar-refractivity contribution in [3.05, 3.63) is 65.9 Å². The van der Waals surface area contributed by atoms with Crippen LogP contribution < -0.4 is 4.74 Å². The summed E-state index contributed by atoms with van der Waals surface area (Å²) in [5, 5.41) is 4.79. The fraction of sp³-hybridized carbons (Fsp3) is 0.333. The van der Waals surface area contributed by atoms with Gasteiger partial charge in [-0.2, -0.15) is 5.10 Å². The zero-order chi connectivity index (χ0) is 21.3. The Balaban J connectivity index is 1.78. The topological polar surface area (TPSA) is 56.6 Å². The van der Waals surface area contributed by atoms with E-state index < -0.39 is 0 Å². The van der Waals surface area contributed by atoms with Crippen LogP contribution in [0.4, 0.5) is 0 Å². The van der Waals surface area contributed by atoms with Crippen molar-refractivity contribution in [2.75, 3.05) is 20.2 Å². The van der Waals surface area contributed by atoms with E-state index in [4.69, 9.17) is 14.6 Å². The summed E-state index contributed by atoms with van der Waals surface area (Å²) in [4.78, 5) is 15.4. The van der Waals surface area contributed by atoms with E-state index >= 15 is 0 Å². The first kappa shape index (κ1) is 20.2. The third-order valence-corrected chi connectivity index (χ3v) is 5.28. The number of aromatic nitrogens is 2. The van der Waals surface area contributed by atoms with Gasteiger partial charge in [0.15, 0.2) is 0 Å². The molecule has 30 heavy (non-hydrogen) atoms. The van der Waals surface area contributed by atoms with Crippen LogP contribution in [0.25, 0.3) is 16.9 Å². The molecule has 1 aromatic heterocycles. The monoisotopic (exact) mass is 405 g/mol. The van der Waals surface area contributed by atoms with Crippen LogP contribution >= 0.6 is 0 Å². The van der Waals surface area contributed by atoms with E-state index in [1.165, 1.54) is 0 Å². The molecule has 6 nitrogen and oxygen atoms in total. The first-order valence-electron chi connectivity index (χ1n) is 10.2. The predicted octanol–water partition coefficient (Wildman–Crippen LogP) is 4.11. The molecule has 0 bridgehead atoms. The van der Waals surface area contributed by atoms with Gasteiger partial charge in [-0.15, -0.1) is 0 Å². The summed E-state index contributed by atoms with van der Waals surface area (Å²) >= 11 is 0. The highest BCUT2D eigenvalue weighted by molar-refractivity contribution is 5.94. The maximum Gasteiger partial charge on any atom is 0.272 e. The van der Waals surface area contributed by atoms with Gasteiger partial charge in [-0.05, 0) is 51.1 Å². The second-order valence-electron chi connectivity index (χ2n) is 7.86. The van der Waals surface area contributed by atoms with Gasteiger partial charge in [0.05, 0.1) is 30.7 Å². The highest BCUT2D eigenvalue weighted by Gasteiger charge is 2.29. The van der Waals surface area contributed by atoms with Gasteiger partial charge in [-0.3, -0.25) is 4.79 Å². The number of amides is 1. The lowest BCUT2D eigenvalue weighted by molar-refractivity contribution is -0.0588. The number of ether oxygens (including phenoxy) is 2. The van der Waals surface area contributed by atoms with Gasteiger partial charge in [-0.25, -0.2) is 4.68 Å². The standard InChI is InChI=1S/C24H27N3O3/c1-16-8-10-20(11-9-16)27-23(24(28)26-14-17(2)30-18(3)15-26)13-22(25-27)19-6-5-7-21(12-19)29-4/h5-13,17-18H,14-15H2,1-4H3. The molecular formula is C24H27N3O3. The van der Waals surface area contributed by atoms with E-state index in [1.807, 2.05) is 80.3 Å². The number of morpholine rings is 1. The van der Waals surface area contributed by atoms with E-state index in [0.717, 1.165) is 28.3 Å². The van der Waals surface area contributed by atoms with E-state index in [1.54, 1.807) is 11.8 Å². The maximum atomic E-state index is 13.5. The summed E-state index contributed by atoms with van der Waals surface area (Å²) in [5.41, 5.74) is 4.18. The molecule has 6 heteroatoms. The Bertz CT molecular complexity index is 1030. The van der Waals surface area contributed by atoms with E-state index in [-0.39, 0.29) is 18.1 Å². The molecule has 0 N–H and O–H groups in total. The van der Waals surface area contributed by atoms with Crippen molar-refractivity contribution in [1.29, 1.82) is 0 Å². The summed E-state index contributed by atoms with van der Waals surface area (Å²) < 4.78 is 12.9. The second-order valence-corrected chi connectivity index (χ2v) is 7.86. The molecule has 1 saturated heterocycles. The van der Waals surface area contributed by atoms with Crippen molar-refractivity contribution in [2.45, 2.75) is 33.0 Å². The van der Waals surface area contributed by atoms with Gasteiger partial charge in [0, 0.05) is 18.7 Å². The minimum atomic E-state index is -0.0424. The van der Waals surface area contributed by atoms with Crippen LogP contribution in [0.2, 0.25) is 0 Å². The number of hydrogen-bond acceptors (Lipinski definition) is 4. The molecule has 0 saturated carbocycles. The van der Waals surface area contributed by atoms with Crippen LogP contribution in [0.15, 0.2) is 54.6 Å². The largest absolute Gasteiger partial charge is 0.497 e. The van der Waals surface area contributed by atoms with Gasteiger partial charge in [0.2, 0.25) is 0 Å². The molecule has 1 aliphatic rings. The fourth-order valence-electron chi connectivity index (χ4n) is 3.85. The molecule has 1 aliphatic heterocycles. The Hall–Kier alpha value is -3.12. The molecule has 2 atom stereocenters. The lowest BCUT2D eigenvalue weighted by Crippen LogP contribution is -2.48. The molecule has 156 valence electrons. The van der Waals surface area contributed by atoms with Crippen LogP contribution in [-0.2, 0) is 4.74 Å². The molecule has 0 spiro atoms. The number of methoxy groups -OCH3 is 1. The van der Waals surface area contributed by atoms with Crippen molar-refractivity contribution in [1.82, 2.24) is 14.7 Å². The number of benzene rings is 2. The molecule has 4 rings (SSSR count). The second kappa shape index (κ2) is 8.32. The van der Waals surface area contributed by atoms with Crippen molar-refractivity contribution in [2.24, 2.45) is 0 Å². The number of rotatable bonds is 4. The van der Waals surface area contributed by atoms with Crippen LogP contribution in [0, 0.1) is 6.92 Å². The third kappa shape index (κ3) is 4.09. The van der Waals surface area contributed by atoms with Gasteiger partial charge in [0.25, 0.3) is 5.91 Å². The van der Waals surface area contributed by atoms with Crippen LogP contribution in [-0.4, -0.2) is 53.0 Å². The lowest BCUT2D eigenvalue weighted by atomic mass is 10.1. The van der Waals surface area contributed by atoms with Gasteiger partial charge >= 0.3 is 0 Å². The Morgan fingerprint density at radius 1 is 1.07 bits per heavy atom. The molecule has 1 fully saturated rings. The summed E-state index contributed by atoms with van der Waals surface area (Å²) in [6.45, 7) is 7.16. The molecular weight excluding hydrogens is 378 g/mol. The maximum absolute atomic E-state index is 13.5. The van der Waals surface area contributed by atoms with Gasteiger partial charge in [-0.1, -0.05) is 29.8 Å². The van der Waals surface area contributed by atoms with Gasteiger partial charge in [0.1, 0.15) is 11.4 Å². The van der Waals surface area contributed by atoms with Crippen LogP contribution in [0.1, 0.15) is 29.9 Å². The van der Waals surface area contributed by atoms with E-state index in [9.17, 15) is 4.79 Å². The normalized spacial score (nSPS) is 19.0. The van der Waals surface area contributed by atoms with Crippen molar-refractivity contribution in [3.63, 3.8) is 0 Å². The Morgan fingerprint density at radius 2 is 1.77 bits per heavy atom. The number of aryl methyl sites for hydroxylation is 1. The summed E-state index contributed by atoms with van der Waals surface area (Å²) in [6.07, 6.45) is 0.0117. The average molecular weight is 405 g/mol. The van der Waals surface area contributed by atoms with E-state index in [2.05, 4.69) is 0 Å². The molecule has 3 aromatic rings. The zero-order valence-corrected chi connectivity index (χ0v) is 17.8. The average Bonchev–Trinajstić information content (AvgIpc) is 3.18. The minimum Gasteiger partial charge on any atom is -0.497 e.